The number of pyridine rings is 1. The van der Waals surface area contributed by atoms with Gasteiger partial charge in [-0.3, -0.25) is 0 Å². The molecule has 0 unspecified atom stereocenters. The van der Waals surface area contributed by atoms with Gasteiger partial charge in [0, 0.05) is 6.07 Å². The third-order valence-corrected chi connectivity index (χ3v) is 2.42. The van der Waals surface area contributed by atoms with Crippen LogP contribution in [0.4, 0.5) is 10.1 Å². The fourth-order valence-corrected chi connectivity index (χ4v) is 1.42. The highest BCUT2D eigenvalue weighted by molar-refractivity contribution is 5.51. The Morgan fingerprint density at radius 1 is 1.22 bits per heavy atom. The molecule has 2 rings (SSSR count). The molecule has 0 amide bonds. The van der Waals surface area contributed by atoms with Crippen molar-refractivity contribution in [2.45, 2.75) is 6.92 Å². The molecule has 1 aromatic carbocycles. The lowest BCUT2D eigenvalue weighted by Crippen LogP contribution is -1.97. The van der Waals surface area contributed by atoms with Crippen molar-refractivity contribution in [2.75, 3.05) is 12.8 Å². The molecule has 0 aliphatic heterocycles. The lowest BCUT2D eigenvalue weighted by atomic mass is 10.2. The summed E-state index contributed by atoms with van der Waals surface area (Å²) in [5, 5.41) is 0. The van der Waals surface area contributed by atoms with E-state index in [0.29, 0.717) is 22.9 Å². The summed E-state index contributed by atoms with van der Waals surface area (Å²) in [4.78, 5) is 4.07. The average molecular weight is 248 g/mol. The highest BCUT2D eigenvalue weighted by atomic mass is 19.1. The van der Waals surface area contributed by atoms with E-state index in [1.165, 1.54) is 19.2 Å². The summed E-state index contributed by atoms with van der Waals surface area (Å²) >= 11 is 0. The number of aryl methyl sites for hydroxylation is 1. The Hall–Kier alpha value is -2.30. The van der Waals surface area contributed by atoms with Crippen LogP contribution < -0.4 is 15.2 Å². The standard InChI is InChI=1S/C13H13FN2O2/c1-8-7-9(3-4-10(8)14)18-13-11(15)5-6-12(16-13)17-2/h3-7H,15H2,1-2H3. The van der Waals surface area contributed by atoms with Crippen molar-refractivity contribution in [2.24, 2.45) is 0 Å². The van der Waals surface area contributed by atoms with Gasteiger partial charge in [-0.1, -0.05) is 0 Å². The maximum absolute atomic E-state index is 13.1. The van der Waals surface area contributed by atoms with Gasteiger partial charge in [-0.25, -0.2) is 4.39 Å². The molecule has 0 bridgehead atoms. The molecule has 0 aliphatic rings. The van der Waals surface area contributed by atoms with E-state index in [2.05, 4.69) is 4.98 Å². The zero-order valence-corrected chi connectivity index (χ0v) is 10.1. The molecule has 18 heavy (non-hydrogen) atoms. The van der Waals surface area contributed by atoms with Gasteiger partial charge < -0.3 is 15.2 Å². The van der Waals surface area contributed by atoms with Crippen LogP contribution in [0.25, 0.3) is 0 Å². The van der Waals surface area contributed by atoms with Gasteiger partial charge >= 0.3 is 0 Å². The third kappa shape index (κ3) is 2.51. The monoisotopic (exact) mass is 248 g/mol. The largest absolute Gasteiger partial charge is 0.481 e. The average Bonchev–Trinajstić information content (AvgIpc) is 2.36. The maximum Gasteiger partial charge on any atom is 0.246 e. The van der Waals surface area contributed by atoms with E-state index in [0.717, 1.165) is 0 Å². The topological polar surface area (TPSA) is 57.4 Å². The minimum absolute atomic E-state index is 0.236. The van der Waals surface area contributed by atoms with Crippen molar-refractivity contribution in [1.82, 2.24) is 4.98 Å². The first kappa shape index (κ1) is 12.2. The molecule has 0 atom stereocenters. The van der Waals surface area contributed by atoms with Crippen LogP contribution in [0.3, 0.4) is 0 Å². The molecular formula is C13H13FN2O2. The van der Waals surface area contributed by atoms with Crippen molar-refractivity contribution < 1.29 is 13.9 Å². The molecule has 0 spiro atoms. The Bertz CT molecular complexity index is 573. The number of hydrogen-bond acceptors (Lipinski definition) is 4. The Balaban J connectivity index is 2.30. The maximum atomic E-state index is 13.1. The summed E-state index contributed by atoms with van der Waals surface area (Å²) in [6.45, 7) is 1.66. The summed E-state index contributed by atoms with van der Waals surface area (Å²) < 4.78 is 23.6. The Morgan fingerprint density at radius 2 is 2.00 bits per heavy atom. The number of benzene rings is 1. The number of halogens is 1. The lowest BCUT2D eigenvalue weighted by molar-refractivity contribution is 0.384. The molecule has 2 aromatic rings. The van der Waals surface area contributed by atoms with E-state index in [4.69, 9.17) is 15.2 Å². The normalized spacial score (nSPS) is 10.2. The van der Waals surface area contributed by atoms with E-state index in [1.807, 2.05) is 0 Å². The molecule has 94 valence electrons. The van der Waals surface area contributed by atoms with Gasteiger partial charge in [-0.05, 0) is 36.8 Å². The second kappa shape index (κ2) is 4.91. The summed E-state index contributed by atoms with van der Waals surface area (Å²) in [6.07, 6.45) is 0. The first-order valence-electron chi connectivity index (χ1n) is 5.34. The van der Waals surface area contributed by atoms with Crippen molar-refractivity contribution >= 4 is 5.69 Å². The van der Waals surface area contributed by atoms with Crippen LogP contribution in [0, 0.1) is 12.7 Å². The van der Waals surface area contributed by atoms with Gasteiger partial charge in [-0.2, -0.15) is 4.98 Å². The Kier molecular flexibility index (Phi) is 3.32. The van der Waals surface area contributed by atoms with Gasteiger partial charge in [0.05, 0.1) is 12.8 Å². The molecule has 0 saturated carbocycles. The number of ether oxygens (including phenoxy) is 2. The Labute approximate surface area is 104 Å². The number of rotatable bonds is 3. The van der Waals surface area contributed by atoms with Crippen molar-refractivity contribution in [3.63, 3.8) is 0 Å². The van der Waals surface area contributed by atoms with E-state index in [-0.39, 0.29) is 11.7 Å². The zero-order valence-electron chi connectivity index (χ0n) is 10.1. The summed E-state index contributed by atoms with van der Waals surface area (Å²) in [7, 11) is 1.50. The number of nitrogen functional groups attached to an aromatic ring is 1. The minimum atomic E-state index is -0.283. The molecule has 0 aliphatic carbocycles. The van der Waals surface area contributed by atoms with Crippen LogP contribution in [0.5, 0.6) is 17.5 Å². The Morgan fingerprint density at radius 3 is 2.67 bits per heavy atom. The van der Waals surface area contributed by atoms with Gasteiger partial charge in [0.2, 0.25) is 11.8 Å². The van der Waals surface area contributed by atoms with Gasteiger partial charge in [0.15, 0.2) is 0 Å². The van der Waals surface area contributed by atoms with Gasteiger partial charge in [0.25, 0.3) is 0 Å². The predicted molar refractivity (Wildman–Crippen MR) is 66.4 cm³/mol. The molecule has 0 radical (unpaired) electrons. The van der Waals surface area contributed by atoms with Crippen LogP contribution in [-0.2, 0) is 0 Å². The van der Waals surface area contributed by atoms with Crippen LogP contribution in [-0.4, -0.2) is 12.1 Å². The zero-order chi connectivity index (χ0) is 13.1. The first-order valence-corrected chi connectivity index (χ1v) is 5.34. The fraction of sp³-hybridized carbons (Fsp3) is 0.154. The van der Waals surface area contributed by atoms with E-state index >= 15 is 0 Å². The minimum Gasteiger partial charge on any atom is -0.481 e. The number of anilines is 1. The highest BCUT2D eigenvalue weighted by Crippen LogP contribution is 2.28. The number of nitrogens with zero attached hydrogens (tertiary/aromatic N) is 1. The number of aromatic nitrogens is 1. The molecule has 1 aromatic heterocycles. The second-order valence-corrected chi connectivity index (χ2v) is 3.76. The lowest BCUT2D eigenvalue weighted by Gasteiger charge is -2.09. The van der Waals surface area contributed by atoms with E-state index in [9.17, 15) is 4.39 Å². The summed E-state index contributed by atoms with van der Waals surface area (Å²) in [5.74, 6) is 0.827. The SMILES string of the molecule is COc1ccc(N)c(Oc2ccc(F)c(C)c2)n1. The second-order valence-electron chi connectivity index (χ2n) is 3.76. The highest BCUT2D eigenvalue weighted by Gasteiger charge is 2.07. The van der Waals surface area contributed by atoms with E-state index in [1.54, 1.807) is 25.1 Å². The number of nitrogens with two attached hydrogens (primary N) is 1. The molecule has 4 nitrogen and oxygen atoms in total. The van der Waals surface area contributed by atoms with Gasteiger partial charge in [0.1, 0.15) is 11.6 Å². The number of methoxy groups -OCH3 is 1. The van der Waals surface area contributed by atoms with Crippen LogP contribution in [0.2, 0.25) is 0 Å². The first-order chi connectivity index (χ1) is 8.60. The van der Waals surface area contributed by atoms with Crippen molar-refractivity contribution in [3.05, 3.63) is 41.7 Å². The van der Waals surface area contributed by atoms with Crippen molar-refractivity contribution in [3.8, 4) is 17.5 Å². The van der Waals surface area contributed by atoms with Crippen LogP contribution in [0.1, 0.15) is 5.56 Å². The molecule has 0 saturated heterocycles. The molecular weight excluding hydrogens is 235 g/mol. The molecule has 1 heterocycles. The van der Waals surface area contributed by atoms with Crippen molar-refractivity contribution in [1.29, 1.82) is 0 Å². The summed E-state index contributed by atoms with van der Waals surface area (Å²) in [6, 6.07) is 7.70. The molecule has 5 heteroatoms. The fourth-order valence-electron chi connectivity index (χ4n) is 1.42. The van der Waals surface area contributed by atoms with Crippen LogP contribution in [0.15, 0.2) is 30.3 Å². The summed E-state index contributed by atoms with van der Waals surface area (Å²) in [5.41, 5.74) is 6.62. The van der Waals surface area contributed by atoms with Gasteiger partial charge in [-0.15, -0.1) is 0 Å². The van der Waals surface area contributed by atoms with Crippen LogP contribution >= 0.6 is 0 Å². The third-order valence-electron chi connectivity index (χ3n) is 2.42. The quantitative estimate of drug-likeness (QED) is 0.907. The predicted octanol–water partition coefficient (Wildman–Crippen LogP) is 2.91. The number of hydrogen-bond donors (Lipinski definition) is 1. The van der Waals surface area contributed by atoms with E-state index < -0.39 is 0 Å². The smallest absolute Gasteiger partial charge is 0.246 e. The molecule has 2 N–H and O–H groups in total. The molecule has 0 fully saturated rings.